The summed E-state index contributed by atoms with van der Waals surface area (Å²) < 4.78 is 21.5. The zero-order valence-electron chi connectivity index (χ0n) is 9.18. The van der Waals surface area contributed by atoms with Crippen LogP contribution in [0, 0.1) is 0 Å². The highest BCUT2D eigenvalue weighted by atomic mass is 31.2. The Balaban J connectivity index is 1.97. The van der Waals surface area contributed by atoms with Crippen LogP contribution < -0.4 is 0 Å². The van der Waals surface area contributed by atoms with Gasteiger partial charge in [0.05, 0.1) is 25.0 Å². The van der Waals surface area contributed by atoms with Crippen LogP contribution in [0.3, 0.4) is 0 Å². The number of ether oxygens (including phenoxy) is 1. The van der Waals surface area contributed by atoms with Crippen molar-refractivity contribution in [3.8, 4) is 0 Å². The fourth-order valence-corrected chi connectivity index (χ4v) is 3.67. The van der Waals surface area contributed by atoms with Gasteiger partial charge in [0.25, 0.3) is 0 Å². The summed E-state index contributed by atoms with van der Waals surface area (Å²) in [4.78, 5) is 9.47. The first kappa shape index (κ1) is 13.4. The molecule has 2 fully saturated rings. The first-order valence-corrected chi connectivity index (χ1v) is 7.19. The molecule has 7 nitrogen and oxygen atoms in total. The number of aliphatic hydroxyl groups is 3. The molecule has 0 saturated carbocycles. The monoisotopic (exact) mass is 268 g/mol. The quantitative estimate of drug-likeness (QED) is 0.466. The number of hydrogen-bond donors (Lipinski definition) is 4. The molecule has 0 aromatic heterocycles. The van der Waals surface area contributed by atoms with Crippen LogP contribution in [0.15, 0.2) is 0 Å². The van der Waals surface area contributed by atoms with Crippen molar-refractivity contribution in [1.29, 1.82) is 0 Å². The minimum absolute atomic E-state index is 0.0911. The summed E-state index contributed by atoms with van der Waals surface area (Å²) >= 11 is 0. The zero-order valence-corrected chi connectivity index (χ0v) is 10.1. The van der Waals surface area contributed by atoms with Crippen molar-refractivity contribution in [3.63, 3.8) is 0 Å². The Morgan fingerprint density at radius 2 is 1.94 bits per heavy atom. The van der Waals surface area contributed by atoms with Crippen molar-refractivity contribution in [3.05, 3.63) is 0 Å². The molecule has 8 heteroatoms. The van der Waals surface area contributed by atoms with Gasteiger partial charge in [-0.15, -0.1) is 0 Å². The van der Waals surface area contributed by atoms with Crippen LogP contribution in [0.1, 0.15) is 12.8 Å². The highest BCUT2D eigenvalue weighted by molar-refractivity contribution is 7.53. The average Bonchev–Trinajstić information content (AvgIpc) is 2.59. The van der Waals surface area contributed by atoms with Crippen LogP contribution in [-0.4, -0.2) is 63.5 Å². The largest absolute Gasteiger partial charge is 0.388 e. The van der Waals surface area contributed by atoms with Gasteiger partial charge < -0.3 is 29.5 Å². The molecule has 0 amide bonds. The van der Waals surface area contributed by atoms with Gasteiger partial charge >= 0.3 is 7.60 Å². The molecule has 100 valence electrons. The normalized spacial score (nSPS) is 51.6. The van der Waals surface area contributed by atoms with Crippen molar-refractivity contribution in [2.75, 3.05) is 13.2 Å². The van der Waals surface area contributed by atoms with Gasteiger partial charge in [0, 0.05) is 0 Å². The van der Waals surface area contributed by atoms with Crippen LogP contribution in [0.2, 0.25) is 0 Å². The third-order valence-corrected chi connectivity index (χ3v) is 5.24. The molecule has 2 aliphatic heterocycles. The Bertz CT molecular complexity index is 322. The average molecular weight is 268 g/mol. The molecule has 2 saturated heterocycles. The molecule has 2 unspecified atom stereocenters. The maximum Gasteiger partial charge on any atom is 0.331 e. The van der Waals surface area contributed by atoms with E-state index in [1.807, 2.05) is 0 Å². The first-order chi connectivity index (χ1) is 7.92. The molecular formula is C9H17O7P. The lowest BCUT2D eigenvalue weighted by Gasteiger charge is -2.36. The van der Waals surface area contributed by atoms with Crippen molar-refractivity contribution < 1.29 is 34.0 Å². The van der Waals surface area contributed by atoms with E-state index >= 15 is 0 Å². The summed E-state index contributed by atoms with van der Waals surface area (Å²) in [5, 5.41) is 28.4. The second kappa shape index (κ2) is 4.93. The van der Waals surface area contributed by atoms with Crippen LogP contribution in [0.5, 0.6) is 0 Å². The molecule has 0 radical (unpaired) electrons. The Morgan fingerprint density at radius 1 is 1.24 bits per heavy atom. The van der Waals surface area contributed by atoms with Gasteiger partial charge in [0.1, 0.15) is 18.3 Å². The Morgan fingerprint density at radius 3 is 2.53 bits per heavy atom. The molecule has 0 aromatic carbocycles. The Hall–Kier alpha value is -0.0100. The second-order valence-electron chi connectivity index (χ2n) is 4.50. The van der Waals surface area contributed by atoms with E-state index in [0.29, 0.717) is 6.42 Å². The zero-order chi connectivity index (χ0) is 12.6. The van der Waals surface area contributed by atoms with Gasteiger partial charge in [0.15, 0.2) is 0 Å². The number of hydrogen-bond acceptors (Lipinski definition) is 6. The predicted octanol–water partition coefficient (Wildman–Crippen LogP) is -1.17. The van der Waals surface area contributed by atoms with Gasteiger partial charge in [0.2, 0.25) is 0 Å². The van der Waals surface area contributed by atoms with E-state index in [1.165, 1.54) is 0 Å². The highest BCUT2D eigenvalue weighted by Gasteiger charge is 2.44. The molecule has 2 heterocycles. The molecule has 2 aliphatic rings. The maximum atomic E-state index is 11.6. The minimum Gasteiger partial charge on any atom is -0.388 e. The summed E-state index contributed by atoms with van der Waals surface area (Å²) in [6.45, 7) is 0.124. The standard InChI is InChI=1S/C9H17O7P/c10-6-4-15-7(9(12)8(6)11)3-5-1-2-16-17(5,13)14/h5-12H,1-4H2,(H,13,14)/t5?,6-,7-,8-,9-/m1/s1. The van der Waals surface area contributed by atoms with Crippen molar-refractivity contribution >= 4 is 7.60 Å². The predicted molar refractivity (Wildman–Crippen MR) is 56.6 cm³/mol. The molecule has 6 atom stereocenters. The molecule has 2 rings (SSSR count). The van der Waals surface area contributed by atoms with E-state index in [1.54, 1.807) is 0 Å². The molecule has 0 spiro atoms. The highest BCUT2D eigenvalue weighted by Crippen LogP contribution is 2.55. The van der Waals surface area contributed by atoms with E-state index in [4.69, 9.17) is 9.26 Å². The van der Waals surface area contributed by atoms with E-state index in [2.05, 4.69) is 0 Å². The van der Waals surface area contributed by atoms with Gasteiger partial charge in [-0.1, -0.05) is 0 Å². The molecule has 0 aliphatic carbocycles. The first-order valence-electron chi connectivity index (χ1n) is 5.54. The fraction of sp³-hybridized carbons (Fsp3) is 1.00. The van der Waals surface area contributed by atoms with Crippen LogP contribution in [-0.2, 0) is 13.8 Å². The lowest BCUT2D eigenvalue weighted by atomic mass is 9.96. The lowest BCUT2D eigenvalue weighted by Crippen LogP contribution is -2.53. The van der Waals surface area contributed by atoms with Gasteiger partial charge in [-0.05, 0) is 12.8 Å². The molecule has 0 aromatic rings. The summed E-state index contributed by atoms with van der Waals surface area (Å²) in [7, 11) is -3.62. The van der Waals surface area contributed by atoms with Crippen molar-refractivity contribution in [1.82, 2.24) is 0 Å². The maximum absolute atomic E-state index is 11.6. The lowest BCUT2D eigenvalue weighted by molar-refractivity contribution is -0.188. The van der Waals surface area contributed by atoms with Crippen LogP contribution in [0.25, 0.3) is 0 Å². The second-order valence-corrected chi connectivity index (χ2v) is 6.61. The van der Waals surface area contributed by atoms with E-state index < -0.39 is 37.7 Å². The fourth-order valence-electron chi connectivity index (χ4n) is 2.18. The third-order valence-electron chi connectivity index (χ3n) is 3.30. The number of aliphatic hydroxyl groups excluding tert-OH is 3. The van der Waals surface area contributed by atoms with Crippen molar-refractivity contribution in [2.24, 2.45) is 0 Å². The van der Waals surface area contributed by atoms with Gasteiger partial charge in [-0.25, -0.2) is 0 Å². The smallest absolute Gasteiger partial charge is 0.331 e. The van der Waals surface area contributed by atoms with E-state index in [0.717, 1.165) is 0 Å². The van der Waals surface area contributed by atoms with Crippen LogP contribution in [0.4, 0.5) is 0 Å². The topological polar surface area (TPSA) is 116 Å². The van der Waals surface area contributed by atoms with Gasteiger partial charge in [-0.3, -0.25) is 4.57 Å². The number of rotatable bonds is 2. The van der Waals surface area contributed by atoms with E-state index in [-0.39, 0.29) is 19.6 Å². The minimum atomic E-state index is -3.62. The third kappa shape index (κ3) is 2.71. The van der Waals surface area contributed by atoms with Gasteiger partial charge in [-0.2, -0.15) is 0 Å². The summed E-state index contributed by atoms with van der Waals surface area (Å²) in [5.74, 6) is 0. The van der Waals surface area contributed by atoms with E-state index in [9.17, 15) is 24.8 Å². The summed E-state index contributed by atoms with van der Waals surface area (Å²) in [5.41, 5.74) is -0.579. The molecule has 4 N–H and O–H groups in total. The SMILES string of the molecule is O=P1(O)OCCC1C[C@H]1OC[C@@H](O)[C@@H](O)[C@@H]1O. The summed E-state index contributed by atoms with van der Waals surface area (Å²) in [6, 6.07) is 0. The molecule has 17 heavy (non-hydrogen) atoms. The Kier molecular flexibility index (Phi) is 3.89. The summed E-state index contributed by atoms with van der Waals surface area (Å²) in [6.07, 6.45) is -3.84. The van der Waals surface area contributed by atoms with Crippen LogP contribution >= 0.6 is 7.60 Å². The molecule has 0 bridgehead atoms. The van der Waals surface area contributed by atoms with Crippen molar-refractivity contribution in [2.45, 2.75) is 42.9 Å². The Labute approximate surface area is 98.5 Å². The molecular weight excluding hydrogens is 251 g/mol.